The zero-order valence-electron chi connectivity index (χ0n) is 18.8. The smallest absolute Gasteiger partial charge is 0.253 e. The van der Waals surface area contributed by atoms with Crippen LogP contribution in [0.5, 0.6) is 0 Å². The summed E-state index contributed by atoms with van der Waals surface area (Å²) >= 11 is 0. The van der Waals surface area contributed by atoms with Crippen molar-refractivity contribution in [3.05, 3.63) is 70.0 Å². The van der Waals surface area contributed by atoms with Gasteiger partial charge in [0.25, 0.3) is 5.91 Å². The molecule has 164 valence electrons. The van der Waals surface area contributed by atoms with E-state index in [1.807, 2.05) is 49.6 Å². The SMILES string of the molecule is Cc1cc(C)cc(C(=O)N2CCCC(C(=O)N3C(C)Cc4cc(F)ccc4C3C)C2)c1. The van der Waals surface area contributed by atoms with E-state index in [-0.39, 0.29) is 35.6 Å². The van der Waals surface area contributed by atoms with Gasteiger partial charge in [0.1, 0.15) is 5.82 Å². The highest BCUT2D eigenvalue weighted by Gasteiger charge is 2.38. The van der Waals surface area contributed by atoms with Crippen LogP contribution < -0.4 is 0 Å². The van der Waals surface area contributed by atoms with Gasteiger partial charge in [-0.3, -0.25) is 9.59 Å². The molecule has 4 nitrogen and oxygen atoms in total. The topological polar surface area (TPSA) is 40.6 Å². The second kappa shape index (κ2) is 8.45. The molecule has 3 atom stereocenters. The molecular weight excluding hydrogens is 391 g/mol. The maximum absolute atomic E-state index is 13.7. The van der Waals surface area contributed by atoms with Gasteiger partial charge in [-0.2, -0.15) is 0 Å². The average molecular weight is 423 g/mol. The van der Waals surface area contributed by atoms with Crippen molar-refractivity contribution in [3.63, 3.8) is 0 Å². The number of aryl methyl sites for hydroxylation is 2. The van der Waals surface area contributed by atoms with E-state index >= 15 is 0 Å². The molecule has 4 rings (SSSR count). The molecule has 3 unspecified atom stereocenters. The van der Waals surface area contributed by atoms with E-state index in [1.54, 1.807) is 12.1 Å². The number of hydrogen-bond donors (Lipinski definition) is 0. The van der Waals surface area contributed by atoms with Crippen molar-refractivity contribution in [2.45, 2.75) is 59.0 Å². The summed E-state index contributed by atoms with van der Waals surface area (Å²) in [7, 11) is 0. The lowest BCUT2D eigenvalue weighted by Gasteiger charge is -2.43. The maximum Gasteiger partial charge on any atom is 0.253 e. The van der Waals surface area contributed by atoms with Gasteiger partial charge in [-0.1, -0.05) is 23.3 Å². The third-order valence-corrected chi connectivity index (χ3v) is 6.74. The van der Waals surface area contributed by atoms with E-state index in [0.29, 0.717) is 25.1 Å². The summed E-state index contributed by atoms with van der Waals surface area (Å²) in [5, 5.41) is 0. The fourth-order valence-corrected chi connectivity index (χ4v) is 5.37. The largest absolute Gasteiger partial charge is 0.338 e. The van der Waals surface area contributed by atoms with Crippen LogP contribution in [0.4, 0.5) is 4.39 Å². The van der Waals surface area contributed by atoms with Gasteiger partial charge in [0.05, 0.1) is 12.0 Å². The highest BCUT2D eigenvalue weighted by molar-refractivity contribution is 5.95. The second-order valence-corrected chi connectivity index (χ2v) is 9.28. The number of halogens is 1. The van der Waals surface area contributed by atoms with E-state index in [1.165, 1.54) is 6.07 Å². The summed E-state index contributed by atoms with van der Waals surface area (Å²) in [4.78, 5) is 30.5. The maximum atomic E-state index is 13.7. The molecular formula is C26H31FN2O2. The molecule has 0 N–H and O–H groups in total. The zero-order valence-corrected chi connectivity index (χ0v) is 18.8. The Hall–Kier alpha value is -2.69. The molecule has 0 aromatic heterocycles. The van der Waals surface area contributed by atoms with Gasteiger partial charge in [0.15, 0.2) is 0 Å². The highest BCUT2D eigenvalue weighted by atomic mass is 19.1. The monoisotopic (exact) mass is 422 g/mol. The quantitative estimate of drug-likeness (QED) is 0.696. The fraction of sp³-hybridized carbons (Fsp3) is 0.462. The first-order valence-electron chi connectivity index (χ1n) is 11.2. The third-order valence-electron chi connectivity index (χ3n) is 6.74. The minimum Gasteiger partial charge on any atom is -0.338 e. The standard InChI is InChI=1S/C26H31FN2O2/c1-16-10-17(2)12-22(11-16)25(30)28-9-5-6-20(15-28)26(31)29-18(3)13-21-14-23(27)7-8-24(21)19(29)4/h7-8,10-12,14,18-20H,5-6,9,13,15H2,1-4H3. The Morgan fingerprint density at radius 2 is 1.74 bits per heavy atom. The molecule has 2 aromatic rings. The minimum atomic E-state index is -0.231. The van der Waals surface area contributed by atoms with Crippen LogP contribution in [0.3, 0.4) is 0 Å². The summed E-state index contributed by atoms with van der Waals surface area (Å²) in [6.07, 6.45) is 2.27. The summed E-state index contributed by atoms with van der Waals surface area (Å²) in [5.74, 6) is -0.320. The first-order valence-corrected chi connectivity index (χ1v) is 11.2. The number of carbonyl (C=O) groups is 2. The van der Waals surface area contributed by atoms with Crippen LogP contribution in [0.1, 0.15) is 65.3 Å². The molecule has 2 heterocycles. The van der Waals surface area contributed by atoms with Gasteiger partial charge in [-0.15, -0.1) is 0 Å². The summed E-state index contributed by atoms with van der Waals surface area (Å²) in [6.45, 7) is 9.18. The summed E-state index contributed by atoms with van der Waals surface area (Å²) in [5.41, 5.74) is 4.84. The van der Waals surface area contributed by atoms with Crippen molar-refractivity contribution in [2.24, 2.45) is 5.92 Å². The van der Waals surface area contributed by atoms with Crippen LogP contribution in [0.15, 0.2) is 36.4 Å². The predicted octanol–water partition coefficient (Wildman–Crippen LogP) is 4.83. The van der Waals surface area contributed by atoms with Gasteiger partial charge in [0, 0.05) is 24.7 Å². The molecule has 2 aliphatic rings. The van der Waals surface area contributed by atoms with Crippen LogP contribution in [0, 0.1) is 25.6 Å². The Morgan fingerprint density at radius 1 is 1.03 bits per heavy atom. The Morgan fingerprint density at radius 3 is 2.45 bits per heavy atom. The molecule has 2 amide bonds. The van der Waals surface area contributed by atoms with Crippen molar-refractivity contribution in [1.82, 2.24) is 9.80 Å². The molecule has 2 aliphatic heterocycles. The normalized spacial score (nSPS) is 23.5. The Balaban J connectivity index is 1.52. The van der Waals surface area contributed by atoms with Crippen molar-refractivity contribution >= 4 is 11.8 Å². The van der Waals surface area contributed by atoms with Gasteiger partial charge in [0.2, 0.25) is 5.91 Å². The summed E-state index contributed by atoms with van der Waals surface area (Å²) in [6, 6.07) is 10.7. The number of fused-ring (bicyclic) bond motifs is 1. The molecule has 1 fully saturated rings. The molecule has 0 radical (unpaired) electrons. The number of rotatable bonds is 2. The number of carbonyl (C=O) groups excluding carboxylic acids is 2. The van der Waals surface area contributed by atoms with Crippen molar-refractivity contribution in [1.29, 1.82) is 0 Å². The highest BCUT2D eigenvalue weighted by Crippen LogP contribution is 2.35. The number of benzene rings is 2. The van der Waals surface area contributed by atoms with Crippen LogP contribution >= 0.6 is 0 Å². The van der Waals surface area contributed by atoms with E-state index in [9.17, 15) is 14.0 Å². The van der Waals surface area contributed by atoms with E-state index < -0.39 is 0 Å². The molecule has 31 heavy (non-hydrogen) atoms. The first kappa shape index (κ1) is 21.5. The van der Waals surface area contributed by atoms with Crippen molar-refractivity contribution in [2.75, 3.05) is 13.1 Å². The van der Waals surface area contributed by atoms with Gasteiger partial charge >= 0.3 is 0 Å². The lowest BCUT2D eigenvalue weighted by Crippen LogP contribution is -2.51. The Labute approximate surface area is 184 Å². The number of nitrogens with zero attached hydrogens (tertiary/aromatic N) is 2. The van der Waals surface area contributed by atoms with Crippen LogP contribution in [0.25, 0.3) is 0 Å². The van der Waals surface area contributed by atoms with Gasteiger partial charge in [-0.25, -0.2) is 4.39 Å². The third kappa shape index (κ3) is 4.23. The molecule has 5 heteroatoms. The van der Waals surface area contributed by atoms with Gasteiger partial charge in [-0.05, 0) is 82.3 Å². The fourth-order valence-electron chi connectivity index (χ4n) is 5.37. The first-order chi connectivity index (χ1) is 14.7. The number of piperidine rings is 1. The molecule has 0 saturated carbocycles. The molecule has 0 spiro atoms. The zero-order chi connectivity index (χ0) is 22.3. The molecule has 0 aliphatic carbocycles. The predicted molar refractivity (Wildman–Crippen MR) is 119 cm³/mol. The van der Waals surface area contributed by atoms with Crippen molar-refractivity contribution in [3.8, 4) is 0 Å². The van der Waals surface area contributed by atoms with E-state index in [0.717, 1.165) is 35.1 Å². The van der Waals surface area contributed by atoms with Crippen LogP contribution in [-0.2, 0) is 11.2 Å². The molecule has 0 bridgehead atoms. The number of amides is 2. The number of hydrogen-bond acceptors (Lipinski definition) is 2. The van der Waals surface area contributed by atoms with Crippen LogP contribution in [0.2, 0.25) is 0 Å². The lowest BCUT2D eigenvalue weighted by atomic mass is 9.87. The summed E-state index contributed by atoms with van der Waals surface area (Å²) < 4.78 is 13.7. The average Bonchev–Trinajstić information content (AvgIpc) is 2.72. The lowest BCUT2D eigenvalue weighted by molar-refractivity contribution is -0.142. The van der Waals surface area contributed by atoms with E-state index in [4.69, 9.17) is 0 Å². The number of likely N-dealkylation sites (tertiary alicyclic amines) is 1. The van der Waals surface area contributed by atoms with E-state index in [2.05, 4.69) is 6.07 Å². The Bertz CT molecular complexity index is 998. The van der Waals surface area contributed by atoms with Gasteiger partial charge < -0.3 is 9.80 Å². The van der Waals surface area contributed by atoms with Crippen molar-refractivity contribution < 1.29 is 14.0 Å². The second-order valence-electron chi connectivity index (χ2n) is 9.28. The molecule has 1 saturated heterocycles. The minimum absolute atomic E-state index is 0.00213. The van der Waals surface area contributed by atoms with Crippen LogP contribution in [-0.4, -0.2) is 40.7 Å². The molecule has 2 aromatic carbocycles. The Kier molecular flexibility index (Phi) is 5.87.